The van der Waals surface area contributed by atoms with Crippen molar-refractivity contribution in [2.45, 2.75) is 5.88 Å². The number of alkyl halides is 1. The first kappa shape index (κ1) is 8.26. The number of aromatic nitrogens is 3. The zero-order valence-electron chi connectivity index (χ0n) is 6.87. The number of rotatable bonds is 2. The highest BCUT2D eigenvalue weighted by molar-refractivity contribution is 6.17. The number of halogens is 1. The van der Waals surface area contributed by atoms with E-state index in [9.17, 15) is 0 Å². The van der Waals surface area contributed by atoms with Crippen LogP contribution in [0.5, 0.6) is 0 Å². The van der Waals surface area contributed by atoms with Gasteiger partial charge in [-0.25, -0.2) is 0 Å². The zero-order valence-corrected chi connectivity index (χ0v) is 7.62. The fraction of sp³-hybridized carbons (Fsp3) is 0.111. The number of nitrogens with one attached hydrogen (secondary N) is 1. The largest absolute Gasteiger partial charge is 0.281 e. The number of aromatic amines is 1. The van der Waals surface area contributed by atoms with Crippen LogP contribution in [0.3, 0.4) is 0 Å². The van der Waals surface area contributed by atoms with E-state index in [1.807, 2.05) is 18.2 Å². The molecule has 4 heteroatoms. The molecule has 0 aromatic carbocycles. The van der Waals surface area contributed by atoms with Gasteiger partial charge in [-0.2, -0.15) is 5.10 Å². The molecule has 13 heavy (non-hydrogen) atoms. The average Bonchev–Trinajstić information content (AvgIpc) is 2.67. The van der Waals surface area contributed by atoms with Crippen molar-refractivity contribution in [2.24, 2.45) is 0 Å². The third-order valence-corrected chi connectivity index (χ3v) is 2.06. The minimum Gasteiger partial charge on any atom is -0.281 e. The van der Waals surface area contributed by atoms with E-state index >= 15 is 0 Å². The van der Waals surface area contributed by atoms with Gasteiger partial charge in [0.2, 0.25) is 0 Å². The standard InChI is InChI=1S/C9H8ClN3/c10-5-9-7(6-12-13-9)8-3-1-2-4-11-8/h1-4,6H,5H2,(H,12,13). The summed E-state index contributed by atoms with van der Waals surface area (Å²) in [7, 11) is 0. The lowest BCUT2D eigenvalue weighted by atomic mass is 10.2. The molecule has 0 atom stereocenters. The molecule has 0 aliphatic rings. The molecule has 2 heterocycles. The molecule has 0 unspecified atom stereocenters. The Morgan fingerprint density at radius 3 is 3.00 bits per heavy atom. The summed E-state index contributed by atoms with van der Waals surface area (Å²) < 4.78 is 0. The van der Waals surface area contributed by atoms with Crippen molar-refractivity contribution in [1.29, 1.82) is 0 Å². The van der Waals surface area contributed by atoms with E-state index in [4.69, 9.17) is 11.6 Å². The molecule has 3 nitrogen and oxygen atoms in total. The monoisotopic (exact) mass is 193 g/mol. The van der Waals surface area contributed by atoms with Crippen molar-refractivity contribution < 1.29 is 0 Å². The van der Waals surface area contributed by atoms with Crippen molar-refractivity contribution in [3.63, 3.8) is 0 Å². The van der Waals surface area contributed by atoms with Crippen LogP contribution in [0.15, 0.2) is 30.6 Å². The van der Waals surface area contributed by atoms with E-state index in [0.29, 0.717) is 5.88 Å². The molecule has 0 aliphatic carbocycles. The number of hydrogen-bond acceptors (Lipinski definition) is 2. The van der Waals surface area contributed by atoms with Gasteiger partial charge in [0.15, 0.2) is 0 Å². The quantitative estimate of drug-likeness (QED) is 0.743. The number of pyridine rings is 1. The Hall–Kier alpha value is -1.35. The Labute approximate surface area is 80.8 Å². The lowest BCUT2D eigenvalue weighted by Crippen LogP contribution is -1.85. The van der Waals surface area contributed by atoms with E-state index in [2.05, 4.69) is 15.2 Å². The van der Waals surface area contributed by atoms with Gasteiger partial charge >= 0.3 is 0 Å². The Morgan fingerprint density at radius 2 is 2.31 bits per heavy atom. The molecule has 2 aromatic rings. The summed E-state index contributed by atoms with van der Waals surface area (Å²) in [5.41, 5.74) is 2.77. The summed E-state index contributed by atoms with van der Waals surface area (Å²) in [6.45, 7) is 0. The molecule has 1 N–H and O–H groups in total. The molecular weight excluding hydrogens is 186 g/mol. The number of nitrogens with zero attached hydrogens (tertiary/aromatic N) is 2. The van der Waals surface area contributed by atoms with Crippen LogP contribution in [0.4, 0.5) is 0 Å². The van der Waals surface area contributed by atoms with E-state index in [1.54, 1.807) is 12.4 Å². The molecule has 0 saturated carbocycles. The van der Waals surface area contributed by atoms with Gasteiger partial charge in [-0.3, -0.25) is 10.1 Å². The molecule has 0 spiro atoms. The van der Waals surface area contributed by atoms with Crippen LogP contribution < -0.4 is 0 Å². The normalized spacial score (nSPS) is 10.2. The molecule has 2 aromatic heterocycles. The van der Waals surface area contributed by atoms with E-state index in [-0.39, 0.29) is 0 Å². The van der Waals surface area contributed by atoms with Gasteiger partial charge in [-0.05, 0) is 12.1 Å². The van der Waals surface area contributed by atoms with Gasteiger partial charge in [0.05, 0.1) is 23.5 Å². The summed E-state index contributed by atoms with van der Waals surface area (Å²) in [6, 6.07) is 5.75. The third-order valence-electron chi connectivity index (χ3n) is 1.79. The summed E-state index contributed by atoms with van der Waals surface area (Å²) in [5.74, 6) is 0.423. The van der Waals surface area contributed by atoms with E-state index < -0.39 is 0 Å². The van der Waals surface area contributed by atoms with Crippen molar-refractivity contribution in [2.75, 3.05) is 0 Å². The molecule has 0 bridgehead atoms. The van der Waals surface area contributed by atoms with Crippen LogP contribution in [0.25, 0.3) is 11.3 Å². The maximum atomic E-state index is 5.72. The Bertz CT molecular complexity index is 383. The maximum Gasteiger partial charge on any atom is 0.0736 e. The maximum absolute atomic E-state index is 5.72. The minimum atomic E-state index is 0.423. The molecule has 0 amide bonds. The first-order valence-electron chi connectivity index (χ1n) is 3.91. The van der Waals surface area contributed by atoms with Crippen LogP contribution in [0.2, 0.25) is 0 Å². The first-order chi connectivity index (χ1) is 6.42. The van der Waals surface area contributed by atoms with Crippen LogP contribution >= 0.6 is 11.6 Å². The predicted molar refractivity (Wildman–Crippen MR) is 51.4 cm³/mol. The highest BCUT2D eigenvalue weighted by atomic mass is 35.5. The Kier molecular flexibility index (Phi) is 2.27. The lowest BCUT2D eigenvalue weighted by Gasteiger charge is -1.97. The molecule has 2 rings (SSSR count). The second-order valence-electron chi connectivity index (χ2n) is 2.61. The van der Waals surface area contributed by atoms with Crippen molar-refractivity contribution in [3.8, 4) is 11.3 Å². The van der Waals surface area contributed by atoms with Crippen molar-refractivity contribution in [3.05, 3.63) is 36.3 Å². The van der Waals surface area contributed by atoms with E-state index in [0.717, 1.165) is 17.0 Å². The topological polar surface area (TPSA) is 41.6 Å². The first-order valence-corrected chi connectivity index (χ1v) is 4.45. The summed E-state index contributed by atoms with van der Waals surface area (Å²) in [4.78, 5) is 4.21. The Morgan fingerprint density at radius 1 is 1.38 bits per heavy atom. The highest BCUT2D eigenvalue weighted by Crippen LogP contribution is 2.19. The summed E-state index contributed by atoms with van der Waals surface area (Å²) in [6.07, 6.45) is 3.49. The molecule has 0 radical (unpaired) electrons. The lowest BCUT2D eigenvalue weighted by molar-refractivity contribution is 1.03. The molecule has 0 fully saturated rings. The van der Waals surface area contributed by atoms with E-state index in [1.165, 1.54) is 0 Å². The summed E-state index contributed by atoms with van der Waals surface area (Å²) >= 11 is 5.72. The molecular formula is C9H8ClN3. The molecule has 66 valence electrons. The van der Waals surface area contributed by atoms with Crippen molar-refractivity contribution in [1.82, 2.24) is 15.2 Å². The molecule has 0 aliphatic heterocycles. The predicted octanol–water partition coefficient (Wildman–Crippen LogP) is 2.21. The van der Waals surface area contributed by atoms with Gasteiger partial charge in [0.25, 0.3) is 0 Å². The van der Waals surface area contributed by atoms with Gasteiger partial charge in [-0.1, -0.05) is 6.07 Å². The van der Waals surface area contributed by atoms with Crippen LogP contribution in [-0.2, 0) is 5.88 Å². The highest BCUT2D eigenvalue weighted by Gasteiger charge is 2.06. The second kappa shape index (κ2) is 3.58. The minimum absolute atomic E-state index is 0.423. The third kappa shape index (κ3) is 1.55. The van der Waals surface area contributed by atoms with Crippen LogP contribution in [0, 0.1) is 0 Å². The van der Waals surface area contributed by atoms with Gasteiger partial charge in [0, 0.05) is 11.8 Å². The van der Waals surface area contributed by atoms with Gasteiger partial charge in [-0.15, -0.1) is 11.6 Å². The van der Waals surface area contributed by atoms with Crippen LogP contribution in [-0.4, -0.2) is 15.2 Å². The smallest absolute Gasteiger partial charge is 0.0736 e. The molecule has 0 saturated heterocycles. The average molecular weight is 194 g/mol. The second-order valence-corrected chi connectivity index (χ2v) is 2.88. The fourth-order valence-corrected chi connectivity index (χ4v) is 1.36. The van der Waals surface area contributed by atoms with Gasteiger partial charge < -0.3 is 0 Å². The SMILES string of the molecule is ClCc1[nH]ncc1-c1ccccn1. The summed E-state index contributed by atoms with van der Waals surface area (Å²) in [5, 5.41) is 6.75. The number of hydrogen-bond donors (Lipinski definition) is 1. The van der Waals surface area contributed by atoms with Crippen LogP contribution in [0.1, 0.15) is 5.69 Å². The Balaban J connectivity index is 2.47. The fourth-order valence-electron chi connectivity index (χ4n) is 1.16. The number of H-pyrrole nitrogens is 1. The zero-order chi connectivity index (χ0) is 9.10. The van der Waals surface area contributed by atoms with Gasteiger partial charge in [0.1, 0.15) is 0 Å². The van der Waals surface area contributed by atoms with Crippen molar-refractivity contribution >= 4 is 11.6 Å².